The highest BCUT2D eigenvalue weighted by Gasteiger charge is 2.16. The standard InChI is InChI=1S/C15H16N4S/c1-10(2)14-13(18-15(16)20-14)12-8-19(9-17-12)11-6-4-3-5-7-11/h3-10H,1-2H3,(H2,16,18). The Kier molecular flexibility index (Phi) is 3.28. The molecule has 0 radical (unpaired) electrons. The van der Waals surface area contributed by atoms with Crippen molar-refractivity contribution < 1.29 is 0 Å². The first-order valence-corrected chi connectivity index (χ1v) is 7.33. The van der Waals surface area contributed by atoms with Crippen molar-refractivity contribution in [1.29, 1.82) is 0 Å². The van der Waals surface area contributed by atoms with Gasteiger partial charge >= 0.3 is 0 Å². The molecule has 0 aliphatic heterocycles. The van der Waals surface area contributed by atoms with Gasteiger partial charge in [0.2, 0.25) is 0 Å². The van der Waals surface area contributed by atoms with Crippen LogP contribution in [-0.4, -0.2) is 14.5 Å². The van der Waals surface area contributed by atoms with Crippen LogP contribution in [0.4, 0.5) is 5.13 Å². The number of para-hydroxylation sites is 1. The second-order valence-corrected chi connectivity index (χ2v) is 5.98. The second kappa shape index (κ2) is 5.09. The molecule has 0 atom stereocenters. The predicted octanol–water partition coefficient (Wildman–Crippen LogP) is 3.70. The van der Waals surface area contributed by atoms with E-state index < -0.39 is 0 Å². The van der Waals surface area contributed by atoms with E-state index in [1.807, 2.05) is 47.4 Å². The molecule has 3 rings (SSSR count). The molecular weight excluding hydrogens is 268 g/mol. The fraction of sp³-hybridized carbons (Fsp3) is 0.200. The van der Waals surface area contributed by atoms with Crippen LogP contribution in [0.25, 0.3) is 17.1 Å². The van der Waals surface area contributed by atoms with E-state index in [1.54, 1.807) is 0 Å². The molecule has 0 amide bonds. The Morgan fingerprint density at radius 2 is 1.95 bits per heavy atom. The molecule has 0 saturated carbocycles. The number of thiazole rings is 1. The highest BCUT2D eigenvalue weighted by Crippen LogP contribution is 2.34. The van der Waals surface area contributed by atoms with Crippen molar-refractivity contribution in [3.63, 3.8) is 0 Å². The summed E-state index contributed by atoms with van der Waals surface area (Å²) in [4.78, 5) is 10.1. The van der Waals surface area contributed by atoms with Crippen molar-refractivity contribution >= 4 is 16.5 Å². The second-order valence-electron chi connectivity index (χ2n) is 4.92. The minimum Gasteiger partial charge on any atom is -0.375 e. The lowest BCUT2D eigenvalue weighted by molar-refractivity contribution is 0.887. The highest BCUT2D eigenvalue weighted by molar-refractivity contribution is 7.15. The summed E-state index contributed by atoms with van der Waals surface area (Å²) in [5.74, 6) is 0.390. The fourth-order valence-electron chi connectivity index (χ4n) is 2.11. The summed E-state index contributed by atoms with van der Waals surface area (Å²) in [5.41, 5.74) is 8.70. The van der Waals surface area contributed by atoms with E-state index in [0.717, 1.165) is 17.1 Å². The number of hydrogen-bond acceptors (Lipinski definition) is 4. The van der Waals surface area contributed by atoms with Gasteiger partial charge in [-0.15, -0.1) is 11.3 Å². The first-order chi connectivity index (χ1) is 9.65. The molecule has 2 aromatic heterocycles. The van der Waals surface area contributed by atoms with Crippen molar-refractivity contribution in [1.82, 2.24) is 14.5 Å². The summed E-state index contributed by atoms with van der Waals surface area (Å²) in [5, 5.41) is 0.595. The molecule has 0 bridgehead atoms. The summed E-state index contributed by atoms with van der Waals surface area (Å²) >= 11 is 1.54. The van der Waals surface area contributed by atoms with Gasteiger partial charge in [-0.05, 0) is 18.1 Å². The molecule has 0 saturated heterocycles. The summed E-state index contributed by atoms with van der Waals surface area (Å²) < 4.78 is 2.00. The summed E-state index contributed by atoms with van der Waals surface area (Å²) in [6.45, 7) is 4.29. The average Bonchev–Trinajstić information content (AvgIpc) is 3.06. The minimum atomic E-state index is 0.390. The highest BCUT2D eigenvalue weighted by atomic mass is 32.1. The predicted molar refractivity (Wildman–Crippen MR) is 83.2 cm³/mol. The van der Waals surface area contributed by atoms with E-state index in [0.29, 0.717) is 11.0 Å². The molecule has 0 aliphatic rings. The monoisotopic (exact) mass is 284 g/mol. The fourth-order valence-corrected chi connectivity index (χ4v) is 2.96. The lowest BCUT2D eigenvalue weighted by Crippen LogP contribution is -1.90. The number of anilines is 1. The molecule has 102 valence electrons. The third kappa shape index (κ3) is 2.32. The molecular formula is C15H16N4S. The van der Waals surface area contributed by atoms with Crippen LogP contribution in [0.2, 0.25) is 0 Å². The van der Waals surface area contributed by atoms with Crippen molar-refractivity contribution in [3.8, 4) is 17.1 Å². The van der Waals surface area contributed by atoms with Gasteiger partial charge in [-0.2, -0.15) is 0 Å². The number of nitrogens with two attached hydrogens (primary N) is 1. The maximum atomic E-state index is 5.85. The van der Waals surface area contributed by atoms with Crippen LogP contribution in [0.5, 0.6) is 0 Å². The third-order valence-corrected chi connectivity index (χ3v) is 4.26. The SMILES string of the molecule is CC(C)c1sc(N)nc1-c1cn(-c2ccccc2)cn1. The molecule has 0 unspecified atom stereocenters. The van der Waals surface area contributed by atoms with E-state index in [1.165, 1.54) is 16.2 Å². The van der Waals surface area contributed by atoms with E-state index >= 15 is 0 Å². The Morgan fingerprint density at radius 1 is 1.20 bits per heavy atom. The quantitative estimate of drug-likeness (QED) is 0.797. The number of benzene rings is 1. The van der Waals surface area contributed by atoms with E-state index in [4.69, 9.17) is 5.73 Å². The largest absolute Gasteiger partial charge is 0.375 e. The van der Waals surface area contributed by atoms with Gasteiger partial charge in [-0.25, -0.2) is 9.97 Å². The Bertz CT molecular complexity index is 713. The zero-order valence-corrected chi connectivity index (χ0v) is 12.3. The molecule has 2 heterocycles. The molecule has 3 aromatic rings. The molecule has 1 aromatic carbocycles. The molecule has 5 heteroatoms. The van der Waals surface area contributed by atoms with Gasteiger partial charge in [-0.1, -0.05) is 32.0 Å². The van der Waals surface area contributed by atoms with Crippen LogP contribution in [0.15, 0.2) is 42.9 Å². The first kappa shape index (κ1) is 12.9. The van der Waals surface area contributed by atoms with Crippen molar-refractivity contribution in [3.05, 3.63) is 47.7 Å². The lowest BCUT2D eigenvalue weighted by atomic mass is 10.1. The van der Waals surface area contributed by atoms with Crippen molar-refractivity contribution in [2.75, 3.05) is 5.73 Å². The van der Waals surface area contributed by atoms with Crippen molar-refractivity contribution in [2.24, 2.45) is 0 Å². The number of imidazole rings is 1. The van der Waals surface area contributed by atoms with Gasteiger partial charge in [0.15, 0.2) is 5.13 Å². The maximum Gasteiger partial charge on any atom is 0.180 e. The Hall–Kier alpha value is -2.14. The van der Waals surface area contributed by atoms with E-state index in [2.05, 4.69) is 23.8 Å². The summed E-state index contributed by atoms with van der Waals surface area (Å²) in [6, 6.07) is 10.1. The smallest absolute Gasteiger partial charge is 0.180 e. The van der Waals surface area contributed by atoms with Gasteiger partial charge in [0.05, 0.1) is 6.33 Å². The van der Waals surface area contributed by atoms with E-state index in [9.17, 15) is 0 Å². The third-order valence-electron chi connectivity index (χ3n) is 3.07. The number of nitrogen functional groups attached to an aromatic ring is 1. The van der Waals surface area contributed by atoms with Gasteiger partial charge in [0, 0.05) is 16.8 Å². The number of hydrogen-bond donors (Lipinski definition) is 1. The Morgan fingerprint density at radius 3 is 2.65 bits per heavy atom. The zero-order chi connectivity index (χ0) is 14.1. The normalized spacial score (nSPS) is 11.2. The minimum absolute atomic E-state index is 0.390. The molecule has 0 fully saturated rings. The maximum absolute atomic E-state index is 5.85. The van der Waals surface area contributed by atoms with Gasteiger partial charge in [0.1, 0.15) is 11.4 Å². The molecule has 20 heavy (non-hydrogen) atoms. The Labute approximate surface area is 121 Å². The van der Waals surface area contributed by atoms with Gasteiger partial charge in [0.25, 0.3) is 0 Å². The zero-order valence-electron chi connectivity index (χ0n) is 11.4. The van der Waals surface area contributed by atoms with Gasteiger partial charge in [-0.3, -0.25) is 0 Å². The summed E-state index contributed by atoms with van der Waals surface area (Å²) in [6.07, 6.45) is 3.81. The van der Waals surface area contributed by atoms with Crippen molar-refractivity contribution in [2.45, 2.75) is 19.8 Å². The van der Waals surface area contributed by atoms with Crippen LogP contribution in [-0.2, 0) is 0 Å². The van der Waals surface area contributed by atoms with Crippen LogP contribution >= 0.6 is 11.3 Å². The Balaban J connectivity index is 2.03. The van der Waals surface area contributed by atoms with E-state index in [-0.39, 0.29) is 0 Å². The summed E-state index contributed by atoms with van der Waals surface area (Å²) in [7, 11) is 0. The molecule has 0 aliphatic carbocycles. The number of aromatic nitrogens is 3. The lowest BCUT2D eigenvalue weighted by Gasteiger charge is -2.02. The first-order valence-electron chi connectivity index (χ1n) is 6.51. The van der Waals surface area contributed by atoms with Gasteiger partial charge < -0.3 is 10.3 Å². The average molecular weight is 284 g/mol. The number of nitrogens with zero attached hydrogens (tertiary/aromatic N) is 3. The van der Waals surface area contributed by atoms with Crippen LogP contribution in [0.3, 0.4) is 0 Å². The van der Waals surface area contributed by atoms with Crippen LogP contribution in [0.1, 0.15) is 24.6 Å². The molecule has 2 N–H and O–H groups in total. The topological polar surface area (TPSA) is 56.7 Å². The van der Waals surface area contributed by atoms with Crippen LogP contribution < -0.4 is 5.73 Å². The van der Waals surface area contributed by atoms with Crippen LogP contribution in [0, 0.1) is 0 Å². The number of rotatable bonds is 3. The molecule has 0 spiro atoms. The molecule has 4 nitrogen and oxygen atoms in total.